The predicted molar refractivity (Wildman–Crippen MR) is 92.1 cm³/mol. The van der Waals surface area contributed by atoms with Crippen molar-refractivity contribution in [3.8, 4) is 0 Å². The summed E-state index contributed by atoms with van der Waals surface area (Å²) in [6.07, 6.45) is 2.71. The van der Waals surface area contributed by atoms with Crippen LogP contribution in [0.25, 0.3) is 0 Å². The summed E-state index contributed by atoms with van der Waals surface area (Å²) in [5, 5.41) is 4.99. The summed E-state index contributed by atoms with van der Waals surface area (Å²) >= 11 is 4.00. The van der Waals surface area contributed by atoms with Crippen molar-refractivity contribution in [3.05, 3.63) is 15.6 Å². The lowest BCUT2D eigenvalue weighted by molar-refractivity contribution is 0.492. The van der Waals surface area contributed by atoms with E-state index in [1.54, 1.807) is 0 Å². The summed E-state index contributed by atoms with van der Waals surface area (Å²) in [5.41, 5.74) is 1.35. The molecule has 1 aromatic rings. The third-order valence-corrected chi connectivity index (χ3v) is 7.25. The van der Waals surface area contributed by atoms with Crippen LogP contribution in [0.2, 0.25) is 0 Å². The number of hydrogen-bond donors (Lipinski definition) is 1. The molecule has 2 rings (SSSR count). The second-order valence-electron chi connectivity index (χ2n) is 7.22. The summed E-state index contributed by atoms with van der Waals surface area (Å²) in [6, 6.07) is 0.404. The number of thiazole rings is 1. The van der Waals surface area contributed by atoms with Crippen molar-refractivity contribution in [2.24, 2.45) is 0 Å². The van der Waals surface area contributed by atoms with E-state index in [0.29, 0.717) is 10.8 Å². The van der Waals surface area contributed by atoms with Crippen LogP contribution in [0.5, 0.6) is 0 Å². The van der Waals surface area contributed by atoms with Gasteiger partial charge in [0.2, 0.25) is 0 Å². The Morgan fingerprint density at radius 3 is 2.60 bits per heavy atom. The van der Waals surface area contributed by atoms with Gasteiger partial charge in [-0.15, -0.1) is 11.3 Å². The average Bonchev–Trinajstić information content (AvgIpc) is 2.93. The number of nitrogens with zero attached hydrogens (tertiary/aromatic N) is 1. The molecule has 0 radical (unpaired) electrons. The number of aryl methyl sites for hydroxylation is 1. The second-order valence-corrected chi connectivity index (χ2v) is 9.94. The maximum atomic E-state index is 4.77. The lowest BCUT2D eigenvalue weighted by Crippen LogP contribution is -2.34. The highest BCUT2D eigenvalue weighted by Crippen LogP contribution is 2.38. The molecule has 20 heavy (non-hydrogen) atoms. The molecule has 0 aromatic carbocycles. The Kier molecular flexibility index (Phi) is 4.87. The molecule has 4 heteroatoms. The summed E-state index contributed by atoms with van der Waals surface area (Å²) < 4.78 is 0.430. The summed E-state index contributed by atoms with van der Waals surface area (Å²) in [6.45, 7) is 14.6. The molecule has 0 aliphatic carbocycles. The van der Waals surface area contributed by atoms with E-state index in [1.807, 2.05) is 11.3 Å². The first-order valence-corrected chi connectivity index (χ1v) is 9.37. The van der Waals surface area contributed by atoms with Gasteiger partial charge in [-0.05, 0) is 39.4 Å². The number of rotatable bonds is 4. The molecule has 2 atom stereocenters. The van der Waals surface area contributed by atoms with Crippen LogP contribution >= 0.6 is 23.1 Å². The average molecular weight is 313 g/mol. The fraction of sp³-hybridized carbons (Fsp3) is 0.812. The highest BCUT2D eigenvalue weighted by Gasteiger charge is 2.30. The van der Waals surface area contributed by atoms with E-state index in [1.165, 1.54) is 34.2 Å². The molecule has 2 heterocycles. The third kappa shape index (κ3) is 3.77. The Morgan fingerprint density at radius 2 is 2.10 bits per heavy atom. The van der Waals surface area contributed by atoms with Crippen LogP contribution in [0.15, 0.2) is 0 Å². The van der Waals surface area contributed by atoms with E-state index in [0.717, 1.165) is 6.54 Å². The van der Waals surface area contributed by atoms with E-state index < -0.39 is 0 Å². The fourth-order valence-corrected chi connectivity index (χ4v) is 4.97. The molecule has 1 aliphatic rings. The molecule has 1 aromatic heterocycles. The molecule has 114 valence electrons. The van der Waals surface area contributed by atoms with Gasteiger partial charge in [0.1, 0.15) is 0 Å². The zero-order valence-corrected chi connectivity index (χ0v) is 15.3. The minimum Gasteiger partial charge on any atom is -0.308 e. The molecule has 2 unspecified atom stereocenters. The first kappa shape index (κ1) is 16.3. The van der Waals surface area contributed by atoms with Gasteiger partial charge >= 0.3 is 0 Å². The minimum atomic E-state index is 0.153. The lowest BCUT2D eigenvalue weighted by Gasteiger charge is -2.25. The first-order valence-electron chi connectivity index (χ1n) is 7.56. The van der Waals surface area contributed by atoms with Crippen molar-refractivity contribution >= 4 is 23.1 Å². The van der Waals surface area contributed by atoms with Gasteiger partial charge in [-0.2, -0.15) is 11.8 Å². The second kappa shape index (κ2) is 5.98. The van der Waals surface area contributed by atoms with Gasteiger partial charge in [0, 0.05) is 27.6 Å². The number of aromatic nitrogens is 1. The van der Waals surface area contributed by atoms with E-state index in [2.05, 4.69) is 58.6 Å². The topological polar surface area (TPSA) is 24.9 Å². The van der Waals surface area contributed by atoms with Crippen molar-refractivity contribution in [2.45, 2.75) is 70.6 Å². The summed E-state index contributed by atoms with van der Waals surface area (Å²) in [5.74, 6) is 1.32. The molecule has 1 aliphatic heterocycles. The smallest absolute Gasteiger partial charge is 0.0985 e. The largest absolute Gasteiger partial charge is 0.308 e. The fourth-order valence-electron chi connectivity index (χ4n) is 2.57. The van der Waals surface area contributed by atoms with Crippen molar-refractivity contribution in [2.75, 3.05) is 12.3 Å². The van der Waals surface area contributed by atoms with Gasteiger partial charge in [-0.25, -0.2) is 4.98 Å². The van der Waals surface area contributed by atoms with Gasteiger partial charge in [0.05, 0.1) is 10.7 Å². The van der Waals surface area contributed by atoms with Crippen molar-refractivity contribution in [3.63, 3.8) is 0 Å². The Morgan fingerprint density at radius 1 is 1.40 bits per heavy atom. The Balaban J connectivity index is 2.02. The predicted octanol–water partition coefficient (Wildman–Crippen LogP) is 4.69. The first-order chi connectivity index (χ1) is 9.21. The quantitative estimate of drug-likeness (QED) is 0.873. The van der Waals surface area contributed by atoms with Crippen LogP contribution in [-0.2, 0) is 5.41 Å². The molecule has 1 saturated heterocycles. The van der Waals surface area contributed by atoms with Crippen molar-refractivity contribution < 1.29 is 0 Å². The Hall–Kier alpha value is -0.0600. The van der Waals surface area contributed by atoms with Crippen LogP contribution in [0.3, 0.4) is 0 Å². The van der Waals surface area contributed by atoms with E-state index in [9.17, 15) is 0 Å². The van der Waals surface area contributed by atoms with E-state index >= 15 is 0 Å². The van der Waals surface area contributed by atoms with E-state index in [4.69, 9.17) is 4.98 Å². The zero-order valence-electron chi connectivity index (χ0n) is 13.7. The van der Waals surface area contributed by atoms with Gasteiger partial charge in [0.25, 0.3) is 0 Å². The monoisotopic (exact) mass is 312 g/mol. The van der Waals surface area contributed by atoms with Crippen LogP contribution in [0.1, 0.15) is 69.1 Å². The highest BCUT2D eigenvalue weighted by atomic mass is 32.2. The Bertz CT molecular complexity index is 454. The van der Waals surface area contributed by atoms with Gasteiger partial charge in [-0.3, -0.25) is 0 Å². The normalized spacial score (nSPS) is 25.1. The van der Waals surface area contributed by atoms with Crippen LogP contribution in [0.4, 0.5) is 0 Å². The summed E-state index contributed by atoms with van der Waals surface area (Å²) in [4.78, 5) is 6.18. The Labute approximate surface area is 132 Å². The molecule has 0 saturated carbocycles. The third-order valence-electron chi connectivity index (χ3n) is 3.95. The SMILES string of the molecule is Cc1nc(C(C)(C)C)sc1C(C)NCC1(C)CCCS1. The molecule has 1 fully saturated rings. The molecule has 1 N–H and O–H groups in total. The van der Waals surface area contributed by atoms with Gasteiger partial charge in [-0.1, -0.05) is 20.8 Å². The minimum absolute atomic E-state index is 0.153. The molecular formula is C16H28N2S2. The number of thioether (sulfide) groups is 1. The van der Waals surface area contributed by atoms with E-state index in [-0.39, 0.29) is 5.41 Å². The van der Waals surface area contributed by atoms with Gasteiger partial charge < -0.3 is 5.32 Å². The number of nitrogens with one attached hydrogen (secondary N) is 1. The number of hydrogen-bond acceptors (Lipinski definition) is 4. The maximum absolute atomic E-state index is 4.77. The molecular weight excluding hydrogens is 284 g/mol. The molecule has 0 bridgehead atoms. The maximum Gasteiger partial charge on any atom is 0.0985 e. The standard InChI is InChI=1S/C16H28N2S2/c1-11(17-10-16(6)8-7-9-19-16)13-12(2)18-14(20-13)15(3,4)5/h11,17H,7-10H2,1-6H3. The van der Waals surface area contributed by atoms with Gasteiger partial charge in [0.15, 0.2) is 0 Å². The molecule has 2 nitrogen and oxygen atoms in total. The zero-order chi connectivity index (χ0) is 15.0. The molecule has 0 spiro atoms. The molecule has 0 amide bonds. The van der Waals surface area contributed by atoms with Crippen LogP contribution in [0, 0.1) is 6.92 Å². The van der Waals surface area contributed by atoms with Crippen molar-refractivity contribution in [1.82, 2.24) is 10.3 Å². The van der Waals surface area contributed by atoms with Crippen molar-refractivity contribution in [1.29, 1.82) is 0 Å². The summed E-state index contributed by atoms with van der Waals surface area (Å²) in [7, 11) is 0. The lowest BCUT2D eigenvalue weighted by atomic mass is 9.98. The highest BCUT2D eigenvalue weighted by molar-refractivity contribution is 8.00. The van der Waals surface area contributed by atoms with Crippen LogP contribution < -0.4 is 5.32 Å². The van der Waals surface area contributed by atoms with Crippen LogP contribution in [-0.4, -0.2) is 22.0 Å².